The molecule has 1 fully saturated rings. The first-order chi connectivity index (χ1) is 12.7. The van der Waals surface area contributed by atoms with E-state index < -0.39 is 9.84 Å². The van der Waals surface area contributed by atoms with Crippen LogP contribution in [0.2, 0.25) is 0 Å². The summed E-state index contributed by atoms with van der Waals surface area (Å²) in [5.74, 6) is -0.195. The van der Waals surface area contributed by atoms with E-state index in [9.17, 15) is 18.0 Å². The molecule has 1 atom stereocenters. The van der Waals surface area contributed by atoms with Crippen molar-refractivity contribution >= 4 is 32.9 Å². The third-order valence-electron chi connectivity index (χ3n) is 4.62. The van der Waals surface area contributed by atoms with Gasteiger partial charge in [0.25, 0.3) is 5.91 Å². The number of Topliss-reactive ketones (excluding diaryl/α,β-unsaturated/α-hetero) is 1. The van der Waals surface area contributed by atoms with E-state index in [1.165, 1.54) is 18.0 Å². The zero-order valence-electron chi connectivity index (χ0n) is 15.2. The lowest BCUT2D eigenvalue weighted by molar-refractivity contribution is 0.0747. The lowest BCUT2D eigenvalue weighted by Crippen LogP contribution is -2.37. The minimum absolute atomic E-state index is 0.00154. The third-order valence-corrected chi connectivity index (χ3v) is 6.37. The highest BCUT2D eigenvalue weighted by Gasteiger charge is 2.33. The number of rotatable bonds is 5. The van der Waals surface area contributed by atoms with E-state index >= 15 is 0 Å². The molecule has 3 rings (SSSR count). The number of aromatic nitrogens is 1. The number of hydrogen-bond donors (Lipinski definition) is 1. The van der Waals surface area contributed by atoms with Crippen LogP contribution in [0.25, 0.3) is 0 Å². The smallest absolute Gasteiger partial charge is 0.255 e. The van der Waals surface area contributed by atoms with E-state index in [0.717, 1.165) is 0 Å². The van der Waals surface area contributed by atoms with Gasteiger partial charge in [0.05, 0.1) is 29.0 Å². The summed E-state index contributed by atoms with van der Waals surface area (Å²) >= 11 is 0. The number of anilines is 2. The van der Waals surface area contributed by atoms with Crippen LogP contribution in [0.15, 0.2) is 42.7 Å². The van der Waals surface area contributed by atoms with Gasteiger partial charge in [0.1, 0.15) is 0 Å². The lowest BCUT2D eigenvalue weighted by Gasteiger charge is -2.23. The standard InChI is InChI=1S/C19H21N3O4S/c1-13(23)14-4-3-5-16(8-14)21-17-9-15(10-20-11-17)19(24)22(2)18-6-7-27(25,26)12-18/h3-5,8-11,18,21H,6-7,12H2,1-2H3. The van der Waals surface area contributed by atoms with Crippen molar-refractivity contribution in [1.29, 1.82) is 0 Å². The third kappa shape index (κ3) is 4.51. The molecule has 0 saturated carbocycles. The Balaban J connectivity index is 1.76. The van der Waals surface area contributed by atoms with Crippen molar-refractivity contribution in [2.45, 2.75) is 19.4 Å². The summed E-state index contributed by atoms with van der Waals surface area (Å²) in [4.78, 5) is 29.8. The van der Waals surface area contributed by atoms with Crippen LogP contribution in [-0.2, 0) is 9.84 Å². The van der Waals surface area contributed by atoms with Crippen molar-refractivity contribution in [1.82, 2.24) is 9.88 Å². The van der Waals surface area contributed by atoms with Crippen molar-refractivity contribution in [2.24, 2.45) is 0 Å². The van der Waals surface area contributed by atoms with Crippen LogP contribution < -0.4 is 5.32 Å². The average molecular weight is 387 g/mol. The Kier molecular flexibility index (Phi) is 5.27. The second kappa shape index (κ2) is 7.48. The predicted molar refractivity (Wildman–Crippen MR) is 103 cm³/mol. The SMILES string of the molecule is CC(=O)c1cccc(Nc2cncc(C(=O)N(C)C3CCS(=O)(=O)C3)c2)c1. The summed E-state index contributed by atoms with van der Waals surface area (Å²) < 4.78 is 23.3. The fourth-order valence-electron chi connectivity index (χ4n) is 3.06. The Labute approximate surface area is 158 Å². The lowest BCUT2D eigenvalue weighted by atomic mass is 10.1. The zero-order valence-corrected chi connectivity index (χ0v) is 16.0. The monoisotopic (exact) mass is 387 g/mol. The fraction of sp³-hybridized carbons (Fsp3) is 0.316. The van der Waals surface area contributed by atoms with Gasteiger partial charge in [-0.2, -0.15) is 0 Å². The molecule has 2 heterocycles. The molecule has 1 saturated heterocycles. The first-order valence-electron chi connectivity index (χ1n) is 8.56. The van der Waals surface area contributed by atoms with Crippen molar-refractivity contribution in [3.8, 4) is 0 Å². The summed E-state index contributed by atoms with van der Waals surface area (Å²) in [6, 6.07) is 8.40. The van der Waals surface area contributed by atoms with Crippen molar-refractivity contribution in [2.75, 3.05) is 23.9 Å². The molecule has 0 aliphatic carbocycles. The molecule has 1 aromatic carbocycles. The van der Waals surface area contributed by atoms with Crippen LogP contribution in [0.4, 0.5) is 11.4 Å². The Bertz CT molecular complexity index is 988. The first kappa shape index (κ1) is 19.0. The van der Waals surface area contributed by atoms with Crippen LogP contribution in [0.5, 0.6) is 0 Å². The topological polar surface area (TPSA) is 96.4 Å². The van der Waals surface area contributed by atoms with Crippen molar-refractivity contribution in [3.05, 3.63) is 53.9 Å². The molecule has 2 aromatic rings. The van der Waals surface area contributed by atoms with Gasteiger partial charge < -0.3 is 10.2 Å². The van der Waals surface area contributed by atoms with Gasteiger partial charge in [0, 0.05) is 30.5 Å². The number of carbonyl (C=O) groups excluding carboxylic acids is 2. The summed E-state index contributed by atoms with van der Waals surface area (Å²) in [5.41, 5.74) is 2.27. The molecule has 1 amide bonds. The van der Waals surface area contributed by atoms with Crippen LogP contribution in [0.1, 0.15) is 34.1 Å². The Morgan fingerprint density at radius 1 is 1.15 bits per heavy atom. The number of pyridine rings is 1. The maximum atomic E-state index is 12.7. The molecule has 1 N–H and O–H groups in total. The van der Waals surface area contributed by atoms with Crippen LogP contribution >= 0.6 is 0 Å². The van der Waals surface area contributed by atoms with Gasteiger partial charge >= 0.3 is 0 Å². The van der Waals surface area contributed by atoms with Gasteiger partial charge in [0.15, 0.2) is 15.6 Å². The Morgan fingerprint density at radius 2 is 1.89 bits per heavy atom. The summed E-state index contributed by atoms with van der Waals surface area (Å²) in [5, 5.41) is 3.13. The molecule has 0 bridgehead atoms. The van der Waals surface area contributed by atoms with E-state index in [1.54, 1.807) is 37.5 Å². The number of sulfone groups is 1. The molecule has 27 heavy (non-hydrogen) atoms. The van der Waals surface area contributed by atoms with Gasteiger partial charge in [-0.15, -0.1) is 0 Å². The molecule has 7 nitrogen and oxygen atoms in total. The summed E-state index contributed by atoms with van der Waals surface area (Å²) in [6.07, 6.45) is 3.49. The predicted octanol–water partition coefficient (Wildman–Crippen LogP) is 2.29. The van der Waals surface area contributed by atoms with Crippen LogP contribution in [-0.4, -0.2) is 54.6 Å². The zero-order chi connectivity index (χ0) is 19.6. The minimum atomic E-state index is -3.07. The van der Waals surface area contributed by atoms with Gasteiger partial charge in [-0.05, 0) is 31.5 Å². The second-order valence-corrected chi connectivity index (χ2v) is 8.93. The number of benzene rings is 1. The Morgan fingerprint density at radius 3 is 2.56 bits per heavy atom. The van der Waals surface area contributed by atoms with E-state index in [0.29, 0.717) is 28.9 Å². The minimum Gasteiger partial charge on any atom is -0.354 e. The number of amides is 1. The van der Waals surface area contributed by atoms with Crippen LogP contribution in [0.3, 0.4) is 0 Å². The van der Waals surface area contributed by atoms with E-state index in [1.807, 2.05) is 6.07 Å². The maximum Gasteiger partial charge on any atom is 0.255 e. The van der Waals surface area contributed by atoms with E-state index in [2.05, 4.69) is 10.3 Å². The molecule has 1 aromatic heterocycles. The molecule has 8 heteroatoms. The number of carbonyl (C=O) groups is 2. The van der Waals surface area contributed by atoms with Gasteiger partial charge in [0.2, 0.25) is 0 Å². The van der Waals surface area contributed by atoms with E-state index in [4.69, 9.17) is 0 Å². The quantitative estimate of drug-likeness (QED) is 0.791. The summed E-state index contributed by atoms with van der Waals surface area (Å²) in [6.45, 7) is 1.50. The molecule has 1 unspecified atom stereocenters. The average Bonchev–Trinajstić information content (AvgIpc) is 3.00. The number of ketones is 1. The fourth-order valence-corrected chi connectivity index (χ4v) is 4.83. The summed E-state index contributed by atoms with van der Waals surface area (Å²) in [7, 11) is -1.45. The molecule has 0 spiro atoms. The highest BCUT2D eigenvalue weighted by atomic mass is 32.2. The van der Waals surface area contributed by atoms with Crippen molar-refractivity contribution < 1.29 is 18.0 Å². The molecular weight excluding hydrogens is 366 g/mol. The number of nitrogens with zero attached hydrogens (tertiary/aromatic N) is 2. The highest BCUT2D eigenvalue weighted by molar-refractivity contribution is 7.91. The molecule has 0 radical (unpaired) electrons. The first-order valence-corrected chi connectivity index (χ1v) is 10.4. The second-order valence-electron chi connectivity index (χ2n) is 6.70. The van der Waals surface area contributed by atoms with Crippen molar-refractivity contribution in [3.63, 3.8) is 0 Å². The number of hydrogen-bond acceptors (Lipinski definition) is 6. The normalized spacial score (nSPS) is 18.1. The molecular formula is C19H21N3O4S. The molecule has 1 aliphatic heterocycles. The maximum absolute atomic E-state index is 12.7. The molecule has 1 aliphatic rings. The van der Waals surface area contributed by atoms with Gasteiger partial charge in [-0.3, -0.25) is 14.6 Å². The van der Waals surface area contributed by atoms with Gasteiger partial charge in [-0.25, -0.2) is 8.42 Å². The van der Waals surface area contributed by atoms with Crippen LogP contribution in [0, 0.1) is 0 Å². The highest BCUT2D eigenvalue weighted by Crippen LogP contribution is 2.21. The van der Waals surface area contributed by atoms with Gasteiger partial charge in [-0.1, -0.05) is 12.1 Å². The Hall–Kier alpha value is -2.74. The largest absolute Gasteiger partial charge is 0.354 e. The van der Waals surface area contributed by atoms with E-state index in [-0.39, 0.29) is 29.2 Å². The number of nitrogens with one attached hydrogen (secondary N) is 1. The molecule has 142 valence electrons.